The van der Waals surface area contributed by atoms with Crippen molar-refractivity contribution in [2.24, 2.45) is 4.99 Å². The van der Waals surface area contributed by atoms with E-state index in [0.717, 1.165) is 27.7 Å². The fraction of sp³-hybridized carbons (Fsp3) is 0.0417. The van der Waals surface area contributed by atoms with Crippen LogP contribution in [0.1, 0.15) is 17.2 Å². The highest BCUT2D eigenvalue weighted by Gasteiger charge is 2.28. The average molecular weight is 407 g/mol. The molecule has 0 radical (unpaired) electrons. The minimum absolute atomic E-state index is 0.167. The fourth-order valence-electron chi connectivity index (χ4n) is 3.97. The molecule has 0 fully saturated rings. The summed E-state index contributed by atoms with van der Waals surface area (Å²) in [6, 6.07) is 24.9. The molecule has 1 atom stereocenters. The Labute approximate surface area is 176 Å². The van der Waals surface area contributed by atoms with E-state index in [2.05, 4.69) is 20.6 Å². The molecule has 0 amide bonds. The summed E-state index contributed by atoms with van der Waals surface area (Å²) in [5.74, 6) is 0.462. The van der Waals surface area contributed by atoms with Crippen molar-refractivity contribution in [2.45, 2.75) is 6.04 Å². The number of rotatable bonds is 2. The first-order valence-electron chi connectivity index (χ1n) is 9.93. The van der Waals surface area contributed by atoms with Crippen LogP contribution in [0.3, 0.4) is 0 Å². The van der Waals surface area contributed by atoms with Crippen molar-refractivity contribution in [3.63, 3.8) is 0 Å². The monoisotopic (exact) mass is 407 g/mol. The van der Waals surface area contributed by atoms with Crippen molar-refractivity contribution in [2.75, 3.05) is 10.6 Å². The van der Waals surface area contributed by atoms with Gasteiger partial charge < -0.3 is 14.7 Å². The third kappa shape index (κ3) is 2.95. The molecule has 5 aromatic rings. The number of hydrogen-bond donors (Lipinski definition) is 3. The van der Waals surface area contributed by atoms with Crippen LogP contribution in [0.2, 0.25) is 0 Å². The number of fused-ring (bicyclic) bond motifs is 4. The molecule has 1 aliphatic heterocycles. The highest BCUT2D eigenvalue weighted by Crippen LogP contribution is 2.36. The van der Waals surface area contributed by atoms with Crippen LogP contribution in [0, 0.1) is 0 Å². The van der Waals surface area contributed by atoms with Crippen LogP contribution >= 0.6 is 0 Å². The van der Waals surface area contributed by atoms with E-state index in [9.17, 15) is 4.79 Å². The molecule has 7 nitrogen and oxygen atoms in total. The highest BCUT2D eigenvalue weighted by atomic mass is 16.4. The van der Waals surface area contributed by atoms with Gasteiger partial charge >= 0.3 is 6.01 Å². The maximum absolute atomic E-state index is 13.0. The van der Waals surface area contributed by atoms with Gasteiger partial charge in [0, 0.05) is 5.39 Å². The van der Waals surface area contributed by atoms with Gasteiger partial charge in [0.05, 0.1) is 16.8 Å². The Kier molecular flexibility index (Phi) is 3.86. The summed E-state index contributed by atoms with van der Waals surface area (Å²) in [6.07, 6.45) is 0. The van der Waals surface area contributed by atoms with Crippen molar-refractivity contribution in [1.29, 1.82) is 0 Å². The molecule has 0 bridgehead atoms. The quantitative estimate of drug-likeness (QED) is 0.396. The number of para-hydroxylation sites is 3. The maximum Gasteiger partial charge on any atom is 0.302 e. The van der Waals surface area contributed by atoms with E-state index in [4.69, 9.17) is 9.41 Å². The smallest absolute Gasteiger partial charge is 0.302 e. The number of anilines is 2. The molecular formula is C24H17N5O2. The normalized spacial score (nSPS) is 15.4. The Hall–Kier alpha value is -4.39. The second-order valence-electron chi connectivity index (χ2n) is 7.32. The number of benzene rings is 3. The number of pyridine rings is 1. The van der Waals surface area contributed by atoms with Gasteiger partial charge in [-0.1, -0.05) is 60.7 Å². The van der Waals surface area contributed by atoms with Gasteiger partial charge in [-0.15, -0.1) is 0 Å². The molecule has 31 heavy (non-hydrogen) atoms. The van der Waals surface area contributed by atoms with Gasteiger partial charge in [0.25, 0.3) is 5.56 Å². The van der Waals surface area contributed by atoms with Gasteiger partial charge in [0.1, 0.15) is 11.6 Å². The molecule has 3 aromatic carbocycles. The molecular weight excluding hydrogens is 390 g/mol. The van der Waals surface area contributed by atoms with E-state index >= 15 is 0 Å². The summed E-state index contributed by atoms with van der Waals surface area (Å²) in [6.45, 7) is 0. The van der Waals surface area contributed by atoms with Gasteiger partial charge in [-0.2, -0.15) is 4.98 Å². The van der Waals surface area contributed by atoms with Crippen molar-refractivity contribution >= 4 is 39.7 Å². The Bertz CT molecular complexity index is 1480. The number of aromatic nitrogens is 2. The Morgan fingerprint density at radius 2 is 1.68 bits per heavy atom. The minimum atomic E-state index is -0.474. The Balaban J connectivity index is 1.51. The third-order valence-electron chi connectivity index (χ3n) is 5.37. The summed E-state index contributed by atoms with van der Waals surface area (Å²) in [7, 11) is 0. The summed E-state index contributed by atoms with van der Waals surface area (Å²) in [5, 5.41) is 7.34. The van der Waals surface area contributed by atoms with Crippen LogP contribution < -0.4 is 16.2 Å². The Morgan fingerprint density at radius 1 is 0.903 bits per heavy atom. The van der Waals surface area contributed by atoms with E-state index < -0.39 is 6.04 Å². The number of guanidine groups is 1. The summed E-state index contributed by atoms with van der Waals surface area (Å²) >= 11 is 0. The topological polar surface area (TPSA) is 95.3 Å². The second-order valence-corrected chi connectivity index (χ2v) is 7.32. The van der Waals surface area contributed by atoms with Gasteiger partial charge in [-0.3, -0.25) is 10.1 Å². The van der Waals surface area contributed by atoms with Crippen molar-refractivity contribution in [3.8, 4) is 0 Å². The lowest BCUT2D eigenvalue weighted by Gasteiger charge is -2.25. The number of H-pyrrole nitrogens is 1. The van der Waals surface area contributed by atoms with Crippen LogP contribution in [0.4, 0.5) is 11.7 Å². The maximum atomic E-state index is 13.0. The van der Waals surface area contributed by atoms with E-state index in [0.29, 0.717) is 23.1 Å². The largest absolute Gasteiger partial charge is 0.423 e. The Morgan fingerprint density at radius 3 is 2.55 bits per heavy atom. The molecule has 150 valence electrons. The summed E-state index contributed by atoms with van der Waals surface area (Å²) < 4.78 is 5.80. The lowest BCUT2D eigenvalue weighted by Crippen LogP contribution is -2.32. The molecule has 6 rings (SSSR count). The number of hydrogen-bond acceptors (Lipinski definition) is 6. The predicted octanol–water partition coefficient (Wildman–Crippen LogP) is 4.65. The number of oxazole rings is 1. The molecule has 0 saturated heterocycles. The van der Waals surface area contributed by atoms with Gasteiger partial charge in [0.15, 0.2) is 5.58 Å². The van der Waals surface area contributed by atoms with Gasteiger partial charge in [0.2, 0.25) is 5.96 Å². The van der Waals surface area contributed by atoms with Crippen LogP contribution in [0.25, 0.3) is 22.0 Å². The number of nitrogens with zero attached hydrogens (tertiary/aromatic N) is 2. The van der Waals surface area contributed by atoms with Crippen molar-refractivity contribution in [3.05, 3.63) is 100 Å². The lowest BCUT2D eigenvalue weighted by atomic mass is 9.96. The molecule has 2 aromatic heterocycles. The predicted molar refractivity (Wildman–Crippen MR) is 122 cm³/mol. The molecule has 1 aliphatic rings. The lowest BCUT2D eigenvalue weighted by molar-refractivity contribution is 0.624. The average Bonchev–Trinajstić information content (AvgIpc) is 3.21. The summed E-state index contributed by atoms with van der Waals surface area (Å²) in [5.41, 5.74) is 4.25. The minimum Gasteiger partial charge on any atom is -0.423 e. The van der Waals surface area contributed by atoms with E-state index in [1.807, 2.05) is 78.9 Å². The zero-order valence-electron chi connectivity index (χ0n) is 16.3. The van der Waals surface area contributed by atoms with Gasteiger partial charge in [-0.05, 0) is 23.8 Å². The molecule has 3 heterocycles. The van der Waals surface area contributed by atoms with E-state index in [-0.39, 0.29) is 5.56 Å². The van der Waals surface area contributed by atoms with Crippen LogP contribution in [-0.2, 0) is 0 Å². The van der Waals surface area contributed by atoms with Crippen molar-refractivity contribution in [1.82, 2.24) is 9.97 Å². The van der Waals surface area contributed by atoms with E-state index in [1.165, 1.54) is 0 Å². The van der Waals surface area contributed by atoms with Crippen LogP contribution in [0.5, 0.6) is 0 Å². The fourth-order valence-corrected chi connectivity index (χ4v) is 3.97. The molecule has 0 saturated carbocycles. The van der Waals surface area contributed by atoms with Crippen LogP contribution in [0.15, 0.2) is 93.1 Å². The zero-order chi connectivity index (χ0) is 20.8. The first-order valence-corrected chi connectivity index (χ1v) is 9.93. The first-order chi connectivity index (χ1) is 15.3. The van der Waals surface area contributed by atoms with Crippen LogP contribution in [-0.4, -0.2) is 15.9 Å². The SMILES string of the molecule is O=c1[nH]c2ccccc2c2c1[C@H](c1ccccc1)N=C(Nc1nc3ccccc3o1)N2. The van der Waals surface area contributed by atoms with Gasteiger partial charge in [-0.25, -0.2) is 4.99 Å². The molecule has 0 aliphatic carbocycles. The molecule has 3 N–H and O–H groups in total. The molecule has 7 heteroatoms. The molecule has 0 spiro atoms. The first kappa shape index (κ1) is 17.5. The number of nitrogens with one attached hydrogen (secondary N) is 3. The highest BCUT2D eigenvalue weighted by molar-refractivity contribution is 6.10. The third-order valence-corrected chi connectivity index (χ3v) is 5.37. The second kappa shape index (κ2) is 6.84. The number of aliphatic imine (C=N–C) groups is 1. The zero-order valence-corrected chi connectivity index (χ0v) is 16.3. The molecule has 0 unspecified atom stereocenters. The standard InChI is InChI=1S/C24H17N5O2/c30-22-19-20(14-8-2-1-3-9-14)27-23(28-21(19)15-10-4-5-11-16(15)25-22)29-24-26-17-12-6-7-13-18(17)31-24/h1-13,20H,(H,25,30)(H2,26,27,28,29)/t20-/m0/s1. The van der Waals surface area contributed by atoms with E-state index in [1.54, 1.807) is 0 Å². The van der Waals surface area contributed by atoms with Crippen molar-refractivity contribution < 1.29 is 4.42 Å². The number of aromatic amines is 1. The summed E-state index contributed by atoms with van der Waals surface area (Å²) in [4.78, 5) is 25.3.